The summed E-state index contributed by atoms with van der Waals surface area (Å²) in [6, 6.07) is 0. The van der Waals surface area contributed by atoms with Crippen molar-refractivity contribution >= 4 is 80.6 Å². The number of carbonyl (C=O) groups excluding carboxylic acids is 6. The minimum Gasteiger partial charge on any atom is -0.549 e. The first-order chi connectivity index (χ1) is 17.9. The number of hydrogen-bond acceptors (Lipinski definition) is 12. The largest absolute Gasteiger partial charge is 2.00 e. The van der Waals surface area contributed by atoms with E-state index in [1.54, 1.807) is 41.5 Å². The van der Waals surface area contributed by atoms with Crippen molar-refractivity contribution in [2.75, 3.05) is 40.6 Å². The molecule has 0 spiro atoms. The Morgan fingerprint density at radius 3 is 0.927 bits per heavy atom. The van der Waals surface area contributed by atoms with E-state index in [1.165, 1.54) is 41.9 Å². The molecule has 0 N–H and O–H groups in total. The van der Waals surface area contributed by atoms with Gasteiger partial charge in [-0.1, -0.05) is 41.5 Å². The molecule has 232 valence electrons. The molecule has 0 aromatic heterocycles. The Hall–Kier alpha value is -1.06. The molecule has 0 amide bonds. The Morgan fingerprint density at radius 2 is 0.756 bits per heavy atom. The van der Waals surface area contributed by atoms with Crippen molar-refractivity contribution in [3.8, 4) is 0 Å². The third-order valence-electron chi connectivity index (χ3n) is 5.83. The number of carboxylic acids is 2. The van der Waals surface area contributed by atoms with Gasteiger partial charge in [-0.05, 0) is 27.7 Å². The van der Waals surface area contributed by atoms with Crippen LogP contribution in [0, 0.1) is 21.7 Å². The molecule has 0 fully saturated rings. The minimum atomic E-state index is -1.79. The Morgan fingerprint density at radius 1 is 0.512 bits per heavy atom. The van der Waals surface area contributed by atoms with Crippen molar-refractivity contribution in [3.63, 3.8) is 0 Å². The molecular weight excluding hydrogens is 616 g/mol. The second-order valence-electron chi connectivity index (χ2n) is 12.3. The first-order valence-electron chi connectivity index (χ1n) is 12.7. The Bertz CT molecular complexity index is 836. The quantitative estimate of drug-likeness (QED) is 0.118. The van der Waals surface area contributed by atoms with Gasteiger partial charge in [-0.3, -0.25) is 19.2 Å². The van der Waals surface area contributed by atoms with E-state index in [1.807, 2.05) is 0 Å². The first-order valence-corrected chi connectivity index (χ1v) is 12.7. The van der Waals surface area contributed by atoms with E-state index in [0.29, 0.717) is 0 Å². The van der Waals surface area contributed by atoms with Gasteiger partial charge in [0.15, 0.2) is 35.3 Å². The van der Waals surface area contributed by atoms with Crippen molar-refractivity contribution in [1.29, 1.82) is 0 Å². The second-order valence-corrected chi connectivity index (χ2v) is 12.3. The van der Waals surface area contributed by atoms with Crippen LogP contribution in [0.15, 0.2) is 0 Å². The number of ether oxygens (including phenoxy) is 4. The van der Waals surface area contributed by atoms with Gasteiger partial charge in [0.2, 0.25) is 0 Å². The van der Waals surface area contributed by atoms with Gasteiger partial charge < -0.3 is 38.7 Å². The molecule has 0 heterocycles. The van der Waals surface area contributed by atoms with E-state index in [9.17, 15) is 39.0 Å². The van der Waals surface area contributed by atoms with Gasteiger partial charge in [-0.15, -0.1) is 0 Å². The zero-order valence-corrected chi connectivity index (χ0v) is 30.1. The number of hydrogen-bond donors (Lipinski definition) is 0. The van der Waals surface area contributed by atoms with Crippen LogP contribution in [0.1, 0.15) is 69.2 Å². The zero-order chi connectivity index (χ0) is 32.3. The van der Waals surface area contributed by atoms with Crippen molar-refractivity contribution < 1.29 is 57.9 Å². The summed E-state index contributed by atoms with van der Waals surface area (Å²) < 4.78 is 20.1. The molecule has 0 aromatic carbocycles. The van der Waals surface area contributed by atoms with Crippen LogP contribution in [0.3, 0.4) is 0 Å². The average molecular weight is 662 g/mol. The standard InChI is InChI=1S/2C14H24O6.Sr/c2*1-13(2,3)10(15)9(20-8-7-19-6)11(16)14(4,5)12(17)18;/h2*9H,7-8H2,1-6H3,(H,17,18);/q;;+2/p-2. The normalized spacial score (nSPS) is 13.6. The van der Waals surface area contributed by atoms with E-state index < -0.39 is 68.9 Å². The molecule has 0 radical (unpaired) electrons. The van der Waals surface area contributed by atoms with E-state index in [4.69, 9.17) is 18.9 Å². The molecule has 0 aliphatic rings. The molecule has 0 saturated carbocycles. The van der Waals surface area contributed by atoms with Crippen molar-refractivity contribution in [2.45, 2.75) is 81.4 Å². The Balaban J connectivity index is -0.000000688. The maximum absolute atomic E-state index is 12.3. The van der Waals surface area contributed by atoms with Crippen LogP contribution >= 0.6 is 0 Å². The molecule has 0 aromatic rings. The van der Waals surface area contributed by atoms with Crippen LogP contribution in [0.2, 0.25) is 0 Å². The molecule has 0 saturated heterocycles. The van der Waals surface area contributed by atoms with Gasteiger partial charge in [0.05, 0.1) is 49.2 Å². The van der Waals surface area contributed by atoms with E-state index in [-0.39, 0.29) is 71.9 Å². The van der Waals surface area contributed by atoms with Gasteiger partial charge >= 0.3 is 45.5 Å². The SMILES string of the molecule is COCCOC(C(=O)C(C)(C)C)C(=O)C(C)(C)C(=O)[O-].COCCOC(C(=O)C(C)(C)C)C(=O)C(C)(C)C(=O)[O-].[Sr+2]. The van der Waals surface area contributed by atoms with Gasteiger partial charge in [-0.2, -0.15) is 0 Å². The fourth-order valence-electron chi connectivity index (χ4n) is 2.68. The molecular formula is C28H46O12Sr. The topological polar surface area (TPSA) is 185 Å². The fourth-order valence-corrected chi connectivity index (χ4v) is 2.68. The number of carboxylic acid groups (broad SMARTS) is 2. The average Bonchev–Trinajstić information content (AvgIpc) is 2.82. The van der Waals surface area contributed by atoms with Crippen molar-refractivity contribution in [1.82, 2.24) is 0 Å². The number of Topliss-reactive ketones (excluding diaryl/α,β-unsaturated/α-hetero) is 4. The number of aliphatic carboxylic acids is 2. The van der Waals surface area contributed by atoms with Crippen LogP contribution in [0.5, 0.6) is 0 Å². The molecule has 2 atom stereocenters. The molecule has 2 unspecified atom stereocenters. The summed E-state index contributed by atoms with van der Waals surface area (Å²) in [6.07, 6.45) is -2.86. The van der Waals surface area contributed by atoms with Crippen LogP contribution in [-0.2, 0) is 47.7 Å². The maximum Gasteiger partial charge on any atom is 2.00 e. The van der Waals surface area contributed by atoms with Crippen LogP contribution < -0.4 is 10.2 Å². The summed E-state index contributed by atoms with van der Waals surface area (Å²) in [5.41, 5.74) is -5.23. The summed E-state index contributed by atoms with van der Waals surface area (Å²) in [4.78, 5) is 71.2. The van der Waals surface area contributed by atoms with Gasteiger partial charge in [-0.25, -0.2) is 0 Å². The molecule has 0 bridgehead atoms. The Kier molecular flexibility index (Phi) is 20.1. The maximum atomic E-state index is 12.3. The third-order valence-corrected chi connectivity index (χ3v) is 5.83. The predicted molar refractivity (Wildman–Crippen MR) is 145 cm³/mol. The summed E-state index contributed by atoms with van der Waals surface area (Å²) in [5, 5.41) is 22.1. The number of carbonyl (C=O) groups is 6. The van der Waals surface area contributed by atoms with Crippen LogP contribution in [0.25, 0.3) is 0 Å². The zero-order valence-electron chi connectivity index (χ0n) is 26.6. The summed E-state index contributed by atoms with van der Waals surface area (Å²) >= 11 is 0. The van der Waals surface area contributed by atoms with Crippen molar-refractivity contribution in [2.24, 2.45) is 21.7 Å². The molecule has 12 nitrogen and oxygen atoms in total. The monoisotopic (exact) mass is 662 g/mol. The fraction of sp³-hybridized carbons (Fsp3) is 0.786. The molecule has 13 heteroatoms. The van der Waals surface area contributed by atoms with Crippen molar-refractivity contribution in [3.05, 3.63) is 0 Å². The summed E-state index contributed by atoms with van der Waals surface area (Å²) in [7, 11) is 2.91. The summed E-state index contributed by atoms with van der Waals surface area (Å²) in [5.74, 6) is -5.63. The first kappa shape index (κ1) is 44.4. The van der Waals surface area contributed by atoms with Gasteiger partial charge in [0.1, 0.15) is 0 Å². The number of rotatable bonds is 16. The second kappa shape index (κ2) is 18.6. The molecule has 0 aliphatic carbocycles. The predicted octanol–water partition coefficient (Wildman–Crippen LogP) is -0.424. The van der Waals surface area contributed by atoms with E-state index >= 15 is 0 Å². The van der Waals surface area contributed by atoms with E-state index in [2.05, 4.69) is 0 Å². The van der Waals surface area contributed by atoms with Gasteiger partial charge in [0, 0.05) is 25.0 Å². The minimum absolute atomic E-state index is 0. The molecule has 41 heavy (non-hydrogen) atoms. The number of ketones is 4. The van der Waals surface area contributed by atoms with Crippen LogP contribution in [-0.4, -0.2) is 133 Å². The third kappa shape index (κ3) is 14.3. The van der Waals surface area contributed by atoms with Gasteiger partial charge in [0.25, 0.3) is 0 Å². The van der Waals surface area contributed by atoms with E-state index in [0.717, 1.165) is 0 Å². The molecule has 0 aliphatic heterocycles. The number of methoxy groups -OCH3 is 2. The Labute approximate surface area is 280 Å². The smallest absolute Gasteiger partial charge is 0.549 e. The molecule has 0 rings (SSSR count). The van der Waals surface area contributed by atoms with Crippen LogP contribution in [0.4, 0.5) is 0 Å². The summed E-state index contributed by atoms with van der Waals surface area (Å²) in [6.45, 7) is 15.1.